The molecule has 10 rings (SSSR count). The molecule has 2 aromatic carbocycles. The Kier molecular flexibility index (Phi) is 16.7. The summed E-state index contributed by atoms with van der Waals surface area (Å²) in [5, 5.41) is 35.9. The Morgan fingerprint density at radius 2 is 1.08 bits per heavy atom. The van der Waals surface area contributed by atoms with Crippen molar-refractivity contribution in [2.45, 2.75) is 64.8 Å². The number of rotatable bonds is 18. The SMILES string of the molecule is CN1CCN(CCNC(=O)c2cnc(N3CCC4(CC4)C3)nc2NCc2ccc(CO)c(Cl)c2)CC1.O=C(NCCN1CCNCC1)c1cnc(N2CCC3(CC3)C2)nc1NCc1ccc(CO)c(Cl)c1. The molecule has 2 amide bonds. The summed E-state index contributed by atoms with van der Waals surface area (Å²) in [5.74, 6) is 2.03. The van der Waals surface area contributed by atoms with Crippen LogP contribution in [0.15, 0.2) is 48.8 Å². The molecule has 382 valence electrons. The molecule has 4 aromatic rings. The van der Waals surface area contributed by atoms with Crippen molar-refractivity contribution in [1.29, 1.82) is 0 Å². The summed E-state index contributed by atoms with van der Waals surface area (Å²) in [6.45, 7) is 15.5. The number of carbonyl (C=O) groups excluding carboxylic acids is 2. The molecule has 0 atom stereocenters. The van der Waals surface area contributed by atoms with Gasteiger partial charge in [0.15, 0.2) is 0 Å². The van der Waals surface area contributed by atoms with Gasteiger partial charge in [-0.25, -0.2) is 9.97 Å². The topological polar surface area (TPSA) is 203 Å². The average molecular weight is 1010 g/mol. The van der Waals surface area contributed by atoms with Gasteiger partial charge in [0, 0.05) is 140 Å². The number of aliphatic hydroxyl groups excluding tert-OH is 2. The van der Waals surface area contributed by atoms with Gasteiger partial charge >= 0.3 is 0 Å². The minimum Gasteiger partial charge on any atom is -0.392 e. The van der Waals surface area contributed by atoms with Gasteiger partial charge in [-0.2, -0.15) is 9.97 Å². The molecule has 2 spiro atoms. The van der Waals surface area contributed by atoms with Crippen molar-refractivity contribution >= 4 is 58.5 Å². The van der Waals surface area contributed by atoms with Gasteiger partial charge in [0.25, 0.3) is 11.8 Å². The molecule has 71 heavy (non-hydrogen) atoms. The van der Waals surface area contributed by atoms with Crippen LogP contribution in [0.5, 0.6) is 0 Å². The number of nitrogens with one attached hydrogen (secondary N) is 5. The van der Waals surface area contributed by atoms with E-state index in [4.69, 9.17) is 33.2 Å². The van der Waals surface area contributed by atoms with E-state index in [1.807, 2.05) is 36.4 Å². The van der Waals surface area contributed by atoms with E-state index >= 15 is 0 Å². The van der Waals surface area contributed by atoms with Crippen molar-refractivity contribution in [1.82, 2.24) is 50.6 Å². The fourth-order valence-electron chi connectivity index (χ4n) is 9.91. The molecule has 0 radical (unpaired) electrons. The van der Waals surface area contributed by atoms with Gasteiger partial charge in [-0.3, -0.25) is 19.4 Å². The molecule has 6 fully saturated rings. The molecule has 7 N–H and O–H groups in total. The predicted octanol–water partition coefficient (Wildman–Crippen LogP) is 4.06. The third kappa shape index (κ3) is 13.4. The van der Waals surface area contributed by atoms with Crippen LogP contribution in [0.2, 0.25) is 10.0 Å². The highest BCUT2D eigenvalue weighted by Crippen LogP contribution is 2.54. The Labute approximate surface area is 427 Å². The lowest BCUT2D eigenvalue weighted by atomic mass is 10.1. The second-order valence-corrected chi connectivity index (χ2v) is 21.1. The molecule has 0 unspecified atom stereocenters. The fourth-order valence-corrected chi connectivity index (χ4v) is 10.4. The zero-order valence-corrected chi connectivity index (χ0v) is 42.5. The standard InChI is InChI=1S/C26H36ClN7O2.C25H34ClN7O2/c1-32-10-12-33(13-11-32)9-7-28-24(36)21-16-30-25(34-8-6-26(18-34)4-5-26)31-23(21)29-15-19-2-3-20(17-35)22(27)14-19;26-21-13-18(1-2-19(21)16-34)14-29-22-20(23(35)28-8-12-32-10-6-27-7-11-32)15-30-24(31-22)33-9-5-25(17-33)3-4-25/h2-3,14,16,35H,4-13,15,17-18H2,1H3,(H,28,36)(H,29,30,31);1-2,13,15,27,34H,3-12,14,16-17H2,(H,28,35)(H,29,30,31). The third-order valence-electron chi connectivity index (χ3n) is 15.1. The van der Waals surface area contributed by atoms with E-state index in [1.165, 1.54) is 38.5 Å². The van der Waals surface area contributed by atoms with Crippen LogP contribution < -0.4 is 36.4 Å². The van der Waals surface area contributed by atoms with E-state index in [1.54, 1.807) is 12.4 Å². The molecule has 2 aliphatic carbocycles. The van der Waals surface area contributed by atoms with Gasteiger partial charge in [-0.1, -0.05) is 47.5 Å². The Morgan fingerprint density at radius 3 is 1.49 bits per heavy atom. The number of piperazine rings is 2. The average Bonchev–Trinajstić information content (AvgIpc) is 4.24. The minimum atomic E-state index is -0.178. The van der Waals surface area contributed by atoms with Gasteiger partial charge in [-0.15, -0.1) is 0 Å². The lowest BCUT2D eigenvalue weighted by Gasteiger charge is -2.32. The van der Waals surface area contributed by atoms with Crippen molar-refractivity contribution in [2.75, 3.05) is 132 Å². The summed E-state index contributed by atoms with van der Waals surface area (Å²) in [4.78, 5) is 56.5. The van der Waals surface area contributed by atoms with Crippen LogP contribution >= 0.6 is 23.2 Å². The van der Waals surface area contributed by atoms with Crippen molar-refractivity contribution < 1.29 is 19.8 Å². The molecular formula is C51H70Cl2N14O4. The first kappa shape index (κ1) is 51.0. The Bertz CT molecular complexity index is 2480. The van der Waals surface area contributed by atoms with Crippen molar-refractivity contribution in [3.05, 3.63) is 92.2 Å². The zero-order chi connectivity index (χ0) is 49.4. The fraction of sp³-hybridized carbons (Fsp3) is 0.569. The van der Waals surface area contributed by atoms with Gasteiger partial charge in [-0.05, 0) is 90.8 Å². The smallest absolute Gasteiger partial charge is 0.256 e. The van der Waals surface area contributed by atoms with E-state index in [9.17, 15) is 19.8 Å². The summed E-state index contributed by atoms with van der Waals surface area (Å²) >= 11 is 12.5. The van der Waals surface area contributed by atoms with Gasteiger partial charge in [0.2, 0.25) is 11.9 Å². The second-order valence-electron chi connectivity index (χ2n) is 20.3. The quantitative estimate of drug-likeness (QED) is 0.0752. The summed E-state index contributed by atoms with van der Waals surface area (Å²) in [6.07, 6.45) is 10.8. The number of carbonyl (C=O) groups is 2. The molecule has 20 heteroatoms. The number of nitrogens with zero attached hydrogens (tertiary/aromatic N) is 9. The van der Waals surface area contributed by atoms with Crippen LogP contribution in [0.4, 0.5) is 23.5 Å². The number of aliphatic hydroxyl groups is 2. The maximum Gasteiger partial charge on any atom is 0.256 e. The monoisotopic (exact) mass is 1010 g/mol. The molecular weight excluding hydrogens is 944 g/mol. The molecule has 4 saturated heterocycles. The van der Waals surface area contributed by atoms with Gasteiger partial charge in [0.1, 0.15) is 22.8 Å². The van der Waals surface area contributed by atoms with E-state index in [0.717, 1.165) is 103 Å². The number of amides is 2. The van der Waals surface area contributed by atoms with Crippen molar-refractivity contribution in [3.8, 4) is 0 Å². The zero-order valence-electron chi connectivity index (χ0n) is 41.0. The van der Waals surface area contributed by atoms with Gasteiger partial charge in [0.05, 0.1) is 13.2 Å². The van der Waals surface area contributed by atoms with Crippen molar-refractivity contribution in [2.24, 2.45) is 10.8 Å². The molecule has 0 bridgehead atoms. The minimum absolute atomic E-state index is 0.0996. The second kappa shape index (κ2) is 23.3. The first-order valence-corrected chi connectivity index (χ1v) is 26.1. The molecule has 18 nitrogen and oxygen atoms in total. The molecule has 6 aliphatic rings. The highest BCUT2D eigenvalue weighted by atomic mass is 35.5. The lowest BCUT2D eigenvalue weighted by Crippen LogP contribution is -2.46. The summed E-state index contributed by atoms with van der Waals surface area (Å²) in [6, 6.07) is 11.1. The first-order valence-electron chi connectivity index (χ1n) is 25.4. The summed E-state index contributed by atoms with van der Waals surface area (Å²) in [5.41, 5.74) is 5.06. The van der Waals surface area contributed by atoms with Crippen LogP contribution in [-0.2, 0) is 26.3 Å². The summed E-state index contributed by atoms with van der Waals surface area (Å²) < 4.78 is 0. The Morgan fingerprint density at radius 1 is 0.634 bits per heavy atom. The van der Waals surface area contributed by atoms with E-state index < -0.39 is 0 Å². The molecule has 2 aromatic heterocycles. The van der Waals surface area contributed by atoms with Gasteiger partial charge < -0.3 is 51.5 Å². The number of hydrogen-bond donors (Lipinski definition) is 7. The van der Waals surface area contributed by atoms with E-state index in [0.29, 0.717) is 92.8 Å². The highest BCUT2D eigenvalue weighted by molar-refractivity contribution is 6.31. The van der Waals surface area contributed by atoms with Crippen LogP contribution in [0.3, 0.4) is 0 Å². The normalized spacial score (nSPS) is 19.4. The number of aromatic nitrogens is 4. The number of hydrogen-bond acceptors (Lipinski definition) is 16. The molecule has 4 aliphatic heterocycles. The number of likely N-dealkylation sites (N-methyl/N-ethyl adjacent to an activating group) is 1. The van der Waals surface area contributed by atoms with Crippen LogP contribution in [0.25, 0.3) is 0 Å². The Hall–Kier alpha value is -4.92. The van der Waals surface area contributed by atoms with E-state index in [2.05, 4.69) is 68.1 Å². The third-order valence-corrected chi connectivity index (χ3v) is 15.8. The molecule has 2 saturated carbocycles. The van der Waals surface area contributed by atoms with Crippen LogP contribution in [0.1, 0.15) is 81.5 Å². The Balaban J connectivity index is 0.000000176. The van der Waals surface area contributed by atoms with Crippen molar-refractivity contribution in [3.63, 3.8) is 0 Å². The first-order chi connectivity index (χ1) is 34.5. The van der Waals surface area contributed by atoms with Crippen LogP contribution in [-0.4, -0.2) is 168 Å². The number of halogens is 2. The largest absolute Gasteiger partial charge is 0.392 e. The number of anilines is 4. The predicted molar refractivity (Wildman–Crippen MR) is 278 cm³/mol. The van der Waals surface area contributed by atoms with E-state index in [-0.39, 0.29) is 25.0 Å². The lowest BCUT2D eigenvalue weighted by molar-refractivity contribution is 0.0935. The maximum atomic E-state index is 13.1. The maximum absolute atomic E-state index is 13.1. The summed E-state index contributed by atoms with van der Waals surface area (Å²) in [7, 11) is 2.14. The van der Waals surface area contributed by atoms with Crippen LogP contribution in [0, 0.1) is 10.8 Å². The highest BCUT2D eigenvalue weighted by Gasteiger charge is 2.49. The molecule has 6 heterocycles. The number of benzene rings is 2.